The van der Waals surface area contributed by atoms with Gasteiger partial charge in [0.05, 0.1) is 26.2 Å². The molecular formula is C20H33IN4O3. The van der Waals surface area contributed by atoms with E-state index in [2.05, 4.69) is 21.6 Å². The Morgan fingerprint density at radius 2 is 1.82 bits per heavy atom. The Hall–Kier alpha value is -1.71. The maximum absolute atomic E-state index is 12.0. The van der Waals surface area contributed by atoms with E-state index in [0.29, 0.717) is 6.54 Å². The Balaban J connectivity index is 0.00000392. The summed E-state index contributed by atoms with van der Waals surface area (Å²) in [4.78, 5) is 19.0. The summed E-state index contributed by atoms with van der Waals surface area (Å²) in [6.45, 7) is 8.64. The summed E-state index contributed by atoms with van der Waals surface area (Å²) >= 11 is 0. The first kappa shape index (κ1) is 24.3. The number of hydrogen-bond donors (Lipinski definition) is 2. The van der Waals surface area contributed by atoms with Crippen LogP contribution in [0.4, 0.5) is 0 Å². The van der Waals surface area contributed by atoms with Crippen molar-refractivity contribution in [2.24, 2.45) is 10.4 Å². The van der Waals surface area contributed by atoms with E-state index < -0.39 is 5.41 Å². The van der Waals surface area contributed by atoms with Crippen LogP contribution >= 0.6 is 24.0 Å². The molecule has 1 amide bonds. The number of hydrogen-bond acceptors (Lipinski definition) is 4. The normalized spacial score (nSPS) is 13.9. The van der Waals surface area contributed by atoms with Crippen LogP contribution in [0.15, 0.2) is 17.1 Å². The monoisotopic (exact) mass is 504 g/mol. The third-order valence-electron chi connectivity index (χ3n) is 4.82. The van der Waals surface area contributed by atoms with Crippen LogP contribution in [-0.2, 0) is 17.8 Å². The molecule has 0 fully saturated rings. The number of methoxy groups -OCH3 is 2. The first-order valence-electron chi connectivity index (χ1n) is 9.35. The quantitative estimate of drug-likeness (QED) is 0.354. The van der Waals surface area contributed by atoms with Gasteiger partial charge in [0.15, 0.2) is 17.5 Å². The highest BCUT2D eigenvalue weighted by Gasteiger charge is 2.27. The molecule has 1 aromatic rings. The lowest BCUT2D eigenvalue weighted by Gasteiger charge is -2.33. The molecule has 0 aromatic heterocycles. The van der Waals surface area contributed by atoms with Gasteiger partial charge in [-0.05, 0) is 50.5 Å². The molecule has 0 saturated carbocycles. The minimum absolute atomic E-state index is 0. The van der Waals surface area contributed by atoms with Crippen LogP contribution in [0.1, 0.15) is 31.9 Å². The average molecular weight is 504 g/mol. The van der Waals surface area contributed by atoms with Gasteiger partial charge in [-0.3, -0.25) is 9.79 Å². The highest BCUT2D eigenvalue weighted by molar-refractivity contribution is 14.0. The third-order valence-corrected chi connectivity index (χ3v) is 4.82. The van der Waals surface area contributed by atoms with Gasteiger partial charge in [0.1, 0.15) is 0 Å². The molecule has 1 heterocycles. The molecule has 0 saturated heterocycles. The van der Waals surface area contributed by atoms with Crippen molar-refractivity contribution in [2.45, 2.75) is 33.7 Å². The first-order valence-corrected chi connectivity index (χ1v) is 9.35. The molecule has 0 bridgehead atoms. The zero-order valence-corrected chi connectivity index (χ0v) is 20.0. The minimum Gasteiger partial charge on any atom is -0.493 e. The molecule has 0 radical (unpaired) electrons. The number of guanidine groups is 1. The van der Waals surface area contributed by atoms with Gasteiger partial charge < -0.3 is 25.0 Å². The third kappa shape index (κ3) is 5.65. The SMILES string of the molecule is CCNC(=NCC(C)(C)C(=O)NC)N1CCc2cc(OC)c(OC)cc2C1.I. The van der Waals surface area contributed by atoms with Crippen LogP contribution in [-0.4, -0.2) is 57.7 Å². The van der Waals surface area contributed by atoms with E-state index in [4.69, 9.17) is 14.5 Å². The summed E-state index contributed by atoms with van der Waals surface area (Å²) in [5.41, 5.74) is 1.92. The predicted octanol–water partition coefficient (Wildman–Crippen LogP) is 2.42. The van der Waals surface area contributed by atoms with E-state index >= 15 is 0 Å². The average Bonchev–Trinajstić information content (AvgIpc) is 2.68. The van der Waals surface area contributed by atoms with Crippen molar-refractivity contribution in [1.29, 1.82) is 0 Å². The highest BCUT2D eigenvalue weighted by Crippen LogP contribution is 2.33. The molecule has 28 heavy (non-hydrogen) atoms. The molecule has 2 rings (SSSR count). The summed E-state index contributed by atoms with van der Waals surface area (Å²) in [6.07, 6.45) is 0.902. The largest absolute Gasteiger partial charge is 0.493 e. The van der Waals surface area contributed by atoms with E-state index in [0.717, 1.165) is 43.5 Å². The Morgan fingerprint density at radius 1 is 1.21 bits per heavy atom. The van der Waals surface area contributed by atoms with Crippen molar-refractivity contribution in [2.75, 3.05) is 40.9 Å². The van der Waals surface area contributed by atoms with Crippen LogP contribution in [0.3, 0.4) is 0 Å². The number of rotatable bonds is 6. The number of benzene rings is 1. The van der Waals surface area contributed by atoms with Crippen molar-refractivity contribution in [1.82, 2.24) is 15.5 Å². The lowest BCUT2D eigenvalue weighted by atomic mass is 9.93. The van der Waals surface area contributed by atoms with Gasteiger partial charge in [-0.2, -0.15) is 0 Å². The van der Waals surface area contributed by atoms with Crippen molar-refractivity contribution in [3.05, 3.63) is 23.3 Å². The van der Waals surface area contributed by atoms with E-state index in [-0.39, 0.29) is 29.9 Å². The number of fused-ring (bicyclic) bond motifs is 1. The topological polar surface area (TPSA) is 75.2 Å². The number of nitrogens with one attached hydrogen (secondary N) is 2. The second-order valence-corrected chi connectivity index (χ2v) is 7.28. The molecule has 158 valence electrons. The molecule has 0 unspecified atom stereocenters. The maximum atomic E-state index is 12.0. The van der Waals surface area contributed by atoms with Gasteiger partial charge in [0, 0.05) is 26.7 Å². The van der Waals surface area contributed by atoms with Gasteiger partial charge in [-0.1, -0.05) is 0 Å². The van der Waals surface area contributed by atoms with Crippen LogP contribution in [0.25, 0.3) is 0 Å². The highest BCUT2D eigenvalue weighted by atomic mass is 127. The number of ether oxygens (including phenoxy) is 2. The van der Waals surface area contributed by atoms with Gasteiger partial charge in [-0.15, -0.1) is 24.0 Å². The molecule has 1 aliphatic rings. The number of aliphatic imine (C=N–C) groups is 1. The second kappa shape index (κ2) is 10.7. The van der Waals surface area contributed by atoms with E-state index in [1.165, 1.54) is 11.1 Å². The Kier molecular flexibility index (Phi) is 9.32. The van der Waals surface area contributed by atoms with Crippen molar-refractivity contribution < 1.29 is 14.3 Å². The predicted molar refractivity (Wildman–Crippen MR) is 123 cm³/mol. The van der Waals surface area contributed by atoms with E-state index in [9.17, 15) is 4.79 Å². The molecule has 2 N–H and O–H groups in total. The molecule has 1 aliphatic heterocycles. The molecular weight excluding hydrogens is 471 g/mol. The summed E-state index contributed by atoms with van der Waals surface area (Å²) < 4.78 is 10.9. The van der Waals surface area contributed by atoms with Gasteiger partial charge in [0.25, 0.3) is 0 Å². The summed E-state index contributed by atoms with van der Waals surface area (Å²) in [5.74, 6) is 2.32. The second-order valence-electron chi connectivity index (χ2n) is 7.28. The van der Waals surface area contributed by atoms with Crippen LogP contribution in [0.2, 0.25) is 0 Å². The lowest BCUT2D eigenvalue weighted by Crippen LogP contribution is -2.45. The van der Waals surface area contributed by atoms with E-state index in [1.807, 2.05) is 26.8 Å². The van der Waals surface area contributed by atoms with Gasteiger partial charge in [-0.25, -0.2) is 0 Å². The number of halogens is 1. The summed E-state index contributed by atoms with van der Waals surface area (Å²) in [5, 5.41) is 6.06. The van der Waals surface area contributed by atoms with Crippen molar-refractivity contribution in [3.8, 4) is 11.5 Å². The molecule has 8 heteroatoms. The fourth-order valence-electron chi connectivity index (χ4n) is 3.17. The van der Waals surface area contributed by atoms with Crippen LogP contribution in [0, 0.1) is 5.41 Å². The van der Waals surface area contributed by atoms with Gasteiger partial charge in [0.2, 0.25) is 5.91 Å². The van der Waals surface area contributed by atoms with Crippen molar-refractivity contribution >= 4 is 35.8 Å². The Labute approximate surface area is 185 Å². The zero-order chi connectivity index (χ0) is 20.0. The fourth-order valence-corrected chi connectivity index (χ4v) is 3.17. The Morgan fingerprint density at radius 3 is 2.36 bits per heavy atom. The molecule has 1 aromatic carbocycles. The molecule has 7 nitrogen and oxygen atoms in total. The molecule has 0 aliphatic carbocycles. The van der Waals surface area contributed by atoms with E-state index in [1.54, 1.807) is 21.3 Å². The Bertz CT molecular complexity index is 707. The zero-order valence-electron chi connectivity index (χ0n) is 17.7. The van der Waals surface area contributed by atoms with Crippen molar-refractivity contribution in [3.63, 3.8) is 0 Å². The number of carbonyl (C=O) groups is 1. The minimum atomic E-state index is -0.556. The number of nitrogens with zero attached hydrogens (tertiary/aromatic N) is 2. The molecule has 0 spiro atoms. The standard InChI is InChI=1S/C20H32N4O3.HI/c1-7-22-19(23-13-20(2,3)18(25)21-4)24-9-8-14-10-16(26-5)17(27-6)11-15(14)12-24;/h10-11H,7-9,12-13H2,1-6H3,(H,21,25)(H,22,23);1H. The number of carbonyl (C=O) groups excluding carboxylic acids is 1. The smallest absolute Gasteiger partial charge is 0.227 e. The van der Waals surface area contributed by atoms with Crippen LogP contribution < -0.4 is 20.1 Å². The van der Waals surface area contributed by atoms with Crippen LogP contribution in [0.5, 0.6) is 11.5 Å². The lowest BCUT2D eigenvalue weighted by molar-refractivity contribution is -0.128. The first-order chi connectivity index (χ1) is 12.9. The van der Waals surface area contributed by atoms with Gasteiger partial charge >= 0.3 is 0 Å². The number of amides is 1. The molecule has 0 atom stereocenters. The summed E-state index contributed by atoms with van der Waals surface area (Å²) in [6, 6.07) is 4.10. The maximum Gasteiger partial charge on any atom is 0.227 e. The fraction of sp³-hybridized carbons (Fsp3) is 0.600. The summed E-state index contributed by atoms with van der Waals surface area (Å²) in [7, 11) is 4.96.